The second-order valence-electron chi connectivity index (χ2n) is 7.80. The van der Waals surface area contributed by atoms with Crippen LogP contribution < -0.4 is 16.0 Å². The number of fused-ring (bicyclic) bond motifs is 1. The van der Waals surface area contributed by atoms with Crippen LogP contribution in [-0.4, -0.2) is 47.9 Å². The first-order valence-corrected chi connectivity index (χ1v) is 10.5. The average Bonchev–Trinajstić information content (AvgIpc) is 3.20. The van der Waals surface area contributed by atoms with Crippen molar-refractivity contribution in [2.24, 2.45) is 5.92 Å². The van der Waals surface area contributed by atoms with E-state index < -0.39 is 36.3 Å². The zero-order valence-corrected chi connectivity index (χ0v) is 17.2. The largest absolute Gasteiger partial charge is 0.480 e. The first-order valence-electron chi connectivity index (χ1n) is 10.5. The maximum absolute atomic E-state index is 12.8. The van der Waals surface area contributed by atoms with Crippen LogP contribution in [-0.2, 0) is 14.4 Å². The van der Waals surface area contributed by atoms with E-state index in [-0.39, 0.29) is 12.3 Å². The van der Waals surface area contributed by atoms with Gasteiger partial charge in [0, 0.05) is 5.39 Å². The molecule has 1 aromatic heterocycles. The van der Waals surface area contributed by atoms with E-state index in [2.05, 4.69) is 16.0 Å². The Kier molecular flexibility index (Phi) is 7.64. The van der Waals surface area contributed by atoms with E-state index in [1.165, 1.54) is 6.42 Å². The topological polar surface area (TPSA) is 138 Å². The third-order valence-corrected chi connectivity index (χ3v) is 5.42. The SMILES string of the molecule is O=C(O)CNC(=O)CNC(=O)[C@H](CC1CCCCC1)NC(=O)c1cc2ccccc2o1. The highest BCUT2D eigenvalue weighted by Crippen LogP contribution is 2.27. The monoisotopic (exact) mass is 429 g/mol. The molecular formula is C22H27N3O6. The van der Waals surface area contributed by atoms with E-state index in [0.717, 1.165) is 31.1 Å². The van der Waals surface area contributed by atoms with Gasteiger partial charge in [0.1, 0.15) is 18.2 Å². The van der Waals surface area contributed by atoms with Gasteiger partial charge in [0.25, 0.3) is 5.91 Å². The molecule has 31 heavy (non-hydrogen) atoms. The fourth-order valence-corrected chi connectivity index (χ4v) is 3.84. The van der Waals surface area contributed by atoms with Crippen LogP contribution in [0.3, 0.4) is 0 Å². The van der Waals surface area contributed by atoms with Crippen molar-refractivity contribution >= 4 is 34.7 Å². The first-order chi connectivity index (χ1) is 14.9. The lowest BCUT2D eigenvalue weighted by atomic mass is 9.84. The lowest BCUT2D eigenvalue weighted by molar-refractivity contribution is -0.137. The second kappa shape index (κ2) is 10.6. The molecule has 9 nitrogen and oxygen atoms in total. The van der Waals surface area contributed by atoms with Crippen molar-refractivity contribution in [2.75, 3.05) is 13.1 Å². The predicted octanol–water partition coefficient (Wildman–Crippen LogP) is 1.82. The van der Waals surface area contributed by atoms with Gasteiger partial charge in [0.2, 0.25) is 11.8 Å². The van der Waals surface area contributed by atoms with Crippen molar-refractivity contribution in [3.05, 3.63) is 36.1 Å². The van der Waals surface area contributed by atoms with Crippen molar-refractivity contribution in [1.29, 1.82) is 0 Å². The van der Waals surface area contributed by atoms with Crippen LogP contribution in [0.5, 0.6) is 0 Å². The number of rotatable bonds is 9. The molecule has 4 N–H and O–H groups in total. The van der Waals surface area contributed by atoms with Crippen LogP contribution in [0.25, 0.3) is 11.0 Å². The maximum Gasteiger partial charge on any atom is 0.322 e. The third kappa shape index (κ3) is 6.56. The molecule has 2 aromatic rings. The quantitative estimate of drug-likeness (QED) is 0.480. The molecule has 0 bridgehead atoms. The molecule has 0 saturated heterocycles. The van der Waals surface area contributed by atoms with Crippen LogP contribution in [0.15, 0.2) is 34.7 Å². The van der Waals surface area contributed by atoms with Crippen LogP contribution in [0.1, 0.15) is 49.1 Å². The van der Waals surface area contributed by atoms with E-state index in [1.807, 2.05) is 18.2 Å². The van der Waals surface area contributed by atoms with Gasteiger partial charge in [-0.15, -0.1) is 0 Å². The van der Waals surface area contributed by atoms with Crippen molar-refractivity contribution in [2.45, 2.75) is 44.6 Å². The predicted molar refractivity (Wildman–Crippen MR) is 112 cm³/mol. The Labute approximate surface area is 179 Å². The molecule has 9 heteroatoms. The highest BCUT2D eigenvalue weighted by Gasteiger charge is 2.27. The number of carbonyl (C=O) groups excluding carboxylic acids is 3. The van der Waals surface area contributed by atoms with Crippen LogP contribution in [0.2, 0.25) is 0 Å². The molecule has 3 rings (SSSR count). The molecule has 1 heterocycles. The van der Waals surface area contributed by atoms with E-state index >= 15 is 0 Å². The summed E-state index contributed by atoms with van der Waals surface area (Å²) in [5.41, 5.74) is 0.580. The molecule has 0 aliphatic heterocycles. The number of amides is 3. The number of furan rings is 1. The maximum atomic E-state index is 12.8. The summed E-state index contributed by atoms with van der Waals surface area (Å²) in [6, 6.07) is 8.04. The highest BCUT2D eigenvalue weighted by atomic mass is 16.4. The normalized spacial score (nSPS) is 15.2. The number of carboxylic acids is 1. The zero-order valence-electron chi connectivity index (χ0n) is 17.2. The second-order valence-corrected chi connectivity index (χ2v) is 7.80. The number of benzene rings is 1. The molecule has 0 unspecified atom stereocenters. The Bertz CT molecular complexity index is 915. The van der Waals surface area contributed by atoms with Crippen molar-refractivity contribution in [3.8, 4) is 0 Å². The van der Waals surface area contributed by atoms with Crippen LogP contribution >= 0.6 is 0 Å². The van der Waals surface area contributed by atoms with Gasteiger partial charge < -0.3 is 25.5 Å². The summed E-state index contributed by atoms with van der Waals surface area (Å²) in [6.45, 7) is -0.892. The molecule has 0 radical (unpaired) electrons. The van der Waals surface area contributed by atoms with E-state index in [9.17, 15) is 19.2 Å². The molecule has 1 aromatic carbocycles. The van der Waals surface area contributed by atoms with E-state index in [0.29, 0.717) is 17.9 Å². The zero-order chi connectivity index (χ0) is 22.2. The number of carbonyl (C=O) groups is 4. The fraction of sp³-hybridized carbons (Fsp3) is 0.455. The van der Waals surface area contributed by atoms with E-state index in [1.54, 1.807) is 12.1 Å². The molecule has 1 saturated carbocycles. The van der Waals surface area contributed by atoms with Gasteiger partial charge in [-0.1, -0.05) is 50.3 Å². The summed E-state index contributed by atoms with van der Waals surface area (Å²) in [5, 5.41) is 16.8. The minimum Gasteiger partial charge on any atom is -0.480 e. The first kappa shape index (κ1) is 22.3. The lowest BCUT2D eigenvalue weighted by Crippen LogP contribution is -2.50. The van der Waals surface area contributed by atoms with Gasteiger partial charge in [-0.05, 0) is 24.5 Å². The number of carboxylic acid groups (broad SMARTS) is 1. The summed E-state index contributed by atoms with van der Waals surface area (Å²) in [4.78, 5) is 47.8. The minimum atomic E-state index is -1.17. The Morgan fingerprint density at radius 1 is 1.03 bits per heavy atom. The molecule has 1 aliphatic rings. The smallest absolute Gasteiger partial charge is 0.322 e. The molecule has 1 fully saturated rings. The summed E-state index contributed by atoms with van der Waals surface area (Å²) < 4.78 is 5.59. The van der Waals surface area contributed by atoms with Crippen molar-refractivity contribution < 1.29 is 28.7 Å². The van der Waals surface area contributed by atoms with Crippen molar-refractivity contribution in [3.63, 3.8) is 0 Å². The molecule has 3 amide bonds. The van der Waals surface area contributed by atoms with Crippen molar-refractivity contribution in [1.82, 2.24) is 16.0 Å². The van der Waals surface area contributed by atoms with Crippen LogP contribution in [0.4, 0.5) is 0 Å². The number of para-hydroxylation sites is 1. The summed E-state index contributed by atoms with van der Waals surface area (Å²) in [6.07, 6.45) is 5.80. The molecule has 1 aliphatic carbocycles. The van der Waals surface area contributed by atoms with Gasteiger partial charge in [0.05, 0.1) is 6.54 Å². The highest BCUT2D eigenvalue weighted by molar-refractivity contribution is 5.99. The molecular weight excluding hydrogens is 402 g/mol. The Hall–Kier alpha value is -3.36. The number of hydrogen-bond donors (Lipinski definition) is 4. The summed E-state index contributed by atoms with van der Waals surface area (Å²) >= 11 is 0. The Morgan fingerprint density at radius 3 is 2.48 bits per heavy atom. The van der Waals surface area contributed by atoms with Gasteiger partial charge >= 0.3 is 5.97 Å². The molecule has 1 atom stereocenters. The average molecular weight is 429 g/mol. The minimum absolute atomic E-state index is 0.113. The Morgan fingerprint density at radius 2 is 1.77 bits per heavy atom. The fourth-order valence-electron chi connectivity index (χ4n) is 3.84. The molecule has 166 valence electrons. The van der Waals surface area contributed by atoms with Gasteiger partial charge in [-0.25, -0.2) is 0 Å². The number of hydrogen-bond acceptors (Lipinski definition) is 5. The van der Waals surface area contributed by atoms with Gasteiger partial charge in [0.15, 0.2) is 5.76 Å². The molecule has 0 spiro atoms. The lowest BCUT2D eigenvalue weighted by Gasteiger charge is -2.26. The van der Waals surface area contributed by atoms with E-state index in [4.69, 9.17) is 9.52 Å². The number of nitrogens with one attached hydrogen (secondary N) is 3. The number of aliphatic carboxylic acids is 1. The van der Waals surface area contributed by atoms with Gasteiger partial charge in [-0.3, -0.25) is 19.2 Å². The van der Waals surface area contributed by atoms with Gasteiger partial charge in [-0.2, -0.15) is 0 Å². The summed E-state index contributed by atoms with van der Waals surface area (Å²) in [5.74, 6) is -2.35. The Balaban J connectivity index is 1.64. The third-order valence-electron chi connectivity index (χ3n) is 5.42. The summed E-state index contributed by atoms with van der Waals surface area (Å²) in [7, 11) is 0. The standard InChI is InChI=1S/C22H27N3O6/c26-19(23-13-20(27)28)12-24-21(29)16(10-14-6-2-1-3-7-14)25-22(30)18-11-15-8-4-5-9-17(15)31-18/h4-5,8-9,11,14,16H,1-3,6-7,10,12-13H2,(H,23,26)(H,24,29)(H,25,30)(H,27,28)/t16-/m0/s1. The van der Waals surface area contributed by atoms with Crippen LogP contribution in [0, 0.1) is 5.92 Å².